The van der Waals surface area contributed by atoms with Gasteiger partial charge in [0, 0.05) is 6.42 Å². The van der Waals surface area contributed by atoms with E-state index in [0.717, 1.165) is 43.1 Å². The number of ether oxygens (including phenoxy) is 1. The van der Waals surface area contributed by atoms with Crippen molar-refractivity contribution in [1.82, 2.24) is 0 Å². The standard InChI is InChI=1S/C25H38O3/c1-5-6-23(27)28-18-11-13-24(3)17(15-18)7-8-19-21-10-9-20(16(2)26)25(21,4)14-12-22(19)24/h9,17-19,21-22H,5-8,10-15H2,1-4H3/t17-,18?,19?,21?,22?,24-,25+/m0/s1. The summed E-state index contributed by atoms with van der Waals surface area (Å²) < 4.78 is 5.80. The van der Waals surface area contributed by atoms with E-state index in [0.29, 0.717) is 23.7 Å². The van der Waals surface area contributed by atoms with Crippen molar-refractivity contribution in [3.8, 4) is 0 Å². The van der Waals surface area contributed by atoms with E-state index in [4.69, 9.17) is 4.74 Å². The van der Waals surface area contributed by atoms with Crippen molar-refractivity contribution in [1.29, 1.82) is 0 Å². The fourth-order valence-corrected chi connectivity index (χ4v) is 7.89. The number of allylic oxidation sites excluding steroid dienone is 2. The van der Waals surface area contributed by atoms with E-state index < -0.39 is 0 Å². The second-order valence-electron chi connectivity index (χ2n) is 10.7. The highest BCUT2D eigenvalue weighted by atomic mass is 16.5. The first-order chi connectivity index (χ1) is 13.3. The predicted molar refractivity (Wildman–Crippen MR) is 111 cm³/mol. The smallest absolute Gasteiger partial charge is 0.306 e. The molecule has 28 heavy (non-hydrogen) atoms. The van der Waals surface area contributed by atoms with E-state index in [1.165, 1.54) is 32.1 Å². The van der Waals surface area contributed by atoms with Crippen LogP contribution in [0.1, 0.15) is 91.9 Å². The van der Waals surface area contributed by atoms with Gasteiger partial charge in [-0.25, -0.2) is 0 Å². The molecule has 0 aliphatic heterocycles. The van der Waals surface area contributed by atoms with Gasteiger partial charge < -0.3 is 4.74 Å². The van der Waals surface area contributed by atoms with Crippen LogP contribution < -0.4 is 0 Å². The molecular weight excluding hydrogens is 348 g/mol. The first-order valence-electron chi connectivity index (χ1n) is 11.7. The van der Waals surface area contributed by atoms with Crippen molar-refractivity contribution in [2.24, 2.45) is 34.5 Å². The van der Waals surface area contributed by atoms with E-state index in [1.807, 2.05) is 6.92 Å². The minimum absolute atomic E-state index is 0.00739. The van der Waals surface area contributed by atoms with Crippen molar-refractivity contribution in [3.05, 3.63) is 11.6 Å². The first kappa shape index (κ1) is 20.2. The number of carbonyl (C=O) groups excluding carboxylic acids is 2. The van der Waals surface area contributed by atoms with Crippen molar-refractivity contribution in [3.63, 3.8) is 0 Å². The van der Waals surface area contributed by atoms with Gasteiger partial charge in [0.15, 0.2) is 5.78 Å². The highest BCUT2D eigenvalue weighted by molar-refractivity contribution is 5.95. The summed E-state index contributed by atoms with van der Waals surface area (Å²) in [7, 11) is 0. The van der Waals surface area contributed by atoms with Gasteiger partial charge in [-0.2, -0.15) is 0 Å². The molecule has 4 aliphatic carbocycles. The molecule has 0 N–H and O–H groups in total. The fraction of sp³-hybridized carbons (Fsp3) is 0.840. The molecule has 4 unspecified atom stereocenters. The molecule has 7 atom stereocenters. The second kappa shape index (κ2) is 7.29. The van der Waals surface area contributed by atoms with Gasteiger partial charge >= 0.3 is 5.97 Å². The van der Waals surface area contributed by atoms with Crippen LogP contribution in [0.3, 0.4) is 0 Å². The maximum atomic E-state index is 12.2. The SMILES string of the molecule is CCCC(=O)OC1CC[C@]2(C)C3CC[C@]4(C)C(C(C)=O)=CCC4C3CC[C@H]2C1. The lowest BCUT2D eigenvalue weighted by molar-refractivity contribution is -0.161. The van der Waals surface area contributed by atoms with Crippen LogP contribution in [-0.4, -0.2) is 17.9 Å². The lowest BCUT2D eigenvalue weighted by atomic mass is 9.44. The highest BCUT2D eigenvalue weighted by Crippen LogP contribution is 2.66. The molecule has 0 spiro atoms. The summed E-state index contributed by atoms with van der Waals surface area (Å²) in [5, 5.41) is 0. The number of hydrogen-bond donors (Lipinski definition) is 0. The number of Topliss-reactive ketones (excluding diaryl/α,β-unsaturated/α-hetero) is 1. The molecule has 0 aromatic heterocycles. The Morgan fingerprint density at radius 3 is 2.61 bits per heavy atom. The van der Waals surface area contributed by atoms with Crippen molar-refractivity contribution in [2.75, 3.05) is 0 Å². The van der Waals surface area contributed by atoms with Gasteiger partial charge in [-0.15, -0.1) is 0 Å². The number of ketones is 1. The Morgan fingerprint density at radius 2 is 1.89 bits per heavy atom. The van der Waals surface area contributed by atoms with Gasteiger partial charge in [-0.1, -0.05) is 26.8 Å². The Balaban J connectivity index is 1.48. The summed E-state index contributed by atoms with van der Waals surface area (Å²) >= 11 is 0. The van der Waals surface area contributed by atoms with E-state index in [-0.39, 0.29) is 23.3 Å². The average Bonchev–Trinajstić information content (AvgIpc) is 2.99. The minimum atomic E-state index is -0.00739. The average molecular weight is 387 g/mol. The van der Waals surface area contributed by atoms with Gasteiger partial charge in [-0.05, 0) is 105 Å². The van der Waals surface area contributed by atoms with Gasteiger partial charge in [0.25, 0.3) is 0 Å². The van der Waals surface area contributed by atoms with E-state index in [9.17, 15) is 9.59 Å². The number of rotatable bonds is 4. The Labute approximate surface area is 170 Å². The van der Waals surface area contributed by atoms with Crippen molar-refractivity contribution < 1.29 is 14.3 Å². The maximum Gasteiger partial charge on any atom is 0.306 e. The van der Waals surface area contributed by atoms with Gasteiger partial charge in [0.05, 0.1) is 0 Å². The number of hydrogen-bond acceptors (Lipinski definition) is 3. The molecule has 4 aliphatic rings. The predicted octanol–water partition coefficient (Wildman–Crippen LogP) is 5.87. The number of esters is 1. The molecule has 3 saturated carbocycles. The monoisotopic (exact) mass is 386 g/mol. The quantitative estimate of drug-likeness (QED) is 0.568. The van der Waals surface area contributed by atoms with Crippen LogP contribution in [0, 0.1) is 34.5 Å². The zero-order valence-corrected chi connectivity index (χ0v) is 18.3. The lowest BCUT2D eigenvalue weighted by Gasteiger charge is -2.60. The van der Waals surface area contributed by atoms with E-state index >= 15 is 0 Å². The molecule has 3 heteroatoms. The third-order valence-corrected chi connectivity index (χ3v) is 9.33. The molecule has 3 nitrogen and oxygen atoms in total. The molecule has 156 valence electrons. The van der Waals surface area contributed by atoms with E-state index in [1.54, 1.807) is 6.92 Å². The van der Waals surface area contributed by atoms with Crippen LogP contribution in [0.5, 0.6) is 0 Å². The van der Waals surface area contributed by atoms with Crippen molar-refractivity contribution >= 4 is 11.8 Å². The van der Waals surface area contributed by atoms with Crippen LogP contribution in [0.15, 0.2) is 11.6 Å². The fourth-order valence-electron chi connectivity index (χ4n) is 7.89. The van der Waals surface area contributed by atoms with Crippen LogP contribution >= 0.6 is 0 Å². The normalized spacial score (nSPS) is 44.7. The molecule has 0 amide bonds. The molecule has 0 aromatic rings. The summed E-state index contributed by atoms with van der Waals surface area (Å²) in [4.78, 5) is 24.2. The lowest BCUT2D eigenvalue weighted by Crippen LogP contribution is -2.54. The first-order valence-corrected chi connectivity index (χ1v) is 11.7. The Hall–Kier alpha value is -1.12. The molecular formula is C25H38O3. The topological polar surface area (TPSA) is 43.4 Å². The molecule has 0 bridgehead atoms. The molecule has 0 saturated heterocycles. The summed E-state index contributed by atoms with van der Waals surface area (Å²) in [5.41, 5.74) is 1.62. The van der Waals surface area contributed by atoms with Gasteiger partial charge in [0.2, 0.25) is 0 Å². The van der Waals surface area contributed by atoms with Crippen molar-refractivity contribution in [2.45, 2.75) is 98.0 Å². The number of carbonyl (C=O) groups is 2. The third-order valence-electron chi connectivity index (χ3n) is 9.33. The van der Waals surface area contributed by atoms with E-state index in [2.05, 4.69) is 19.9 Å². The summed E-state index contributed by atoms with van der Waals surface area (Å²) in [6.45, 7) is 8.69. The largest absolute Gasteiger partial charge is 0.462 e. The van der Waals surface area contributed by atoms with Gasteiger partial charge in [0.1, 0.15) is 6.10 Å². The second-order valence-corrected chi connectivity index (χ2v) is 10.7. The molecule has 0 heterocycles. The molecule has 0 radical (unpaired) electrons. The Morgan fingerprint density at radius 1 is 1.11 bits per heavy atom. The van der Waals surface area contributed by atoms with Crippen LogP contribution in [0.4, 0.5) is 0 Å². The zero-order valence-electron chi connectivity index (χ0n) is 18.3. The van der Waals surface area contributed by atoms with Crippen LogP contribution in [-0.2, 0) is 14.3 Å². The number of fused-ring (bicyclic) bond motifs is 5. The molecule has 0 aromatic carbocycles. The summed E-state index contributed by atoms with van der Waals surface area (Å²) in [5.74, 6) is 3.16. The molecule has 4 rings (SSSR count). The van der Waals surface area contributed by atoms with Crippen LogP contribution in [0.2, 0.25) is 0 Å². The van der Waals surface area contributed by atoms with Gasteiger partial charge in [-0.3, -0.25) is 9.59 Å². The molecule has 3 fully saturated rings. The maximum absolute atomic E-state index is 12.2. The summed E-state index contributed by atoms with van der Waals surface area (Å²) in [6, 6.07) is 0. The summed E-state index contributed by atoms with van der Waals surface area (Å²) in [6.07, 6.45) is 13.2. The van der Waals surface area contributed by atoms with Crippen LogP contribution in [0.25, 0.3) is 0 Å². The zero-order chi connectivity index (χ0) is 20.1. The Bertz CT molecular complexity index is 679. The third kappa shape index (κ3) is 3.08. The minimum Gasteiger partial charge on any atom is -0.462 e. The highest BCUT2D eigenvalue weighted by Gasteiger charge is 2.59. The Kier molecular flexibility index (Phi) is 5.25.